The number of ether oxygens (including phenoxy) is 1. The standard InChI is InChI=1S/C24H29N5O3/c1-16(30)27-12-10-20-19(15-27)24(31)29-23(25-20)13-21(26-29)22-5-3-4-11-28(22)14-17-6-8-18(32-2)9-7-17/h6-9,13,22,26H,3-5,10-12,14-15H2,1-2H3. The predicted octanol–water partition coefficient (Wildman–Crippen LogP) is 2.66. The summed E-state index contributed by atoms with van der Waals surface area (Å²) in [5.74, 6) is 0.848. The minimum Gasteiger partial charge on any atom is -0.497 e. The van der Waals surface area contributed by atoms with E-state index >= 15 is 0 Å². The molecule has 168 valence electrons. The number of hydrogen-bond acceptors (Lipinski definition) is 5. The molecule has 3 aromatic rings. The van der Waals surface area contributed by atoms with Crippen LogP contribution in [0.3, 0.4) is 0 Å². The smallest absolute Gasteiger partial charge is 0.277 e. The summed E-state index contributed by atoms with van der Waals surface area (Å²) in [4.78, 5) is 33.9. The van der Waals surface area contributed by atoms with Gasteiger partial charge in [-0.1, -0.05) is 18.6 Å². The van der Waals surface area contributed by atoms with Gasteiger partial charge in [0.1, 0.15) is 5.75 Å². The Labute approximate surface area is 186 Å². The Bertz CT molecular complexity index is 1200. The molecule has 1 unspecified atom stereocenters. The number of benzene rings is 1. The Morgan fingerprint density at radius 2 is 2.03 bits per heavy atom. The quantitative estimate of drug-likeness (QED) is 0.681. The van der Waals surface area contributed by atoms with Crippen LogP contribution in [-0.4, -0.2) is 50.5 Å². The van der Waals surface area contributed by atoms with Gasteiger partial charge < -0.3 is 9.64 Å². The van der Waals surface area contributed by atoms with Gasteiger partial charge in [-0.25, -0.2) is 9.50 Å². The van der Waals surface area contributed by atoms with Gasteiger partial charge in [-0.05, 0) is 37.1 Å². The van der Waals surface area contributed by atoms with Crippen molar-refractivity contribution in [3.05, 3.63) is 63.2 Å². The topological polar surface area (TPSA) is 82.9 Å². The largest absolute Gasteiger partial charge is 0.497 e. The Balaban J connectivity index is 1.45. The monoisotopic (exact) mass is 435 g/mol. The first-order valence-corrected chi connectivity index (χ1v) is 11.3. The van der Waals surface area contributed by atoms with Gasteiger partial charge in [-0.15, -0.1) is 0 Å². The summed E-state index contributed by atoms with van der Waals surface area (Å²) in [6.45, 7) is 4.35. The minimum atomic E-state index is -0.0975. The molecule has 1 atom stereocenters. The number of aromatic amines is 1. The molecule has 0 bridgehead atoms. The van der Waals surface area contributed by atoms with Crippen LogP contribution in [-0.2, 0) is 24.3 Å². The molecule has 1 saturated heterocycles. The van der Waals surface area contributed by atoms with Crippen LogP contribution in [0.2, 0.25) is 0 Å². The highest BCUT2D eigenvalue weighted by atomic mass is 16.5. The van der Waals surface area contributed by atoms with Crippen molar-refractivity contribution >= 4 is 11.6 Å². The molecule has 1 amide bonds. The molecule has 0 spiro atoms. The summed E-state index contributed by atoms with van der Waals surface area (Å²) in [6, 6.07) is 10.4. The number of piperidine rings is 1. The van der Waals surface area contributed by atoms with Gasteiger partial charge in [0, 0.05) is 32.5 Å². The van der Waals surface area contributed by atoms with Gasteiger partial charge >= 0.3 is 0 Å². The molecular weight excluding hydrogens is 406 g/mol. The molecule has 1 fully saturated rings. The highest BCUT2D eigenvalue weighted by Crippen LogP contribution is 2.32. The highest BCUT2D eigenvalue weighted by molar-refractivity contribution is 5.73. The molecule has 2 aromatic heterocycles. The third kappa shape index (κ3) is 3.79. The van der Waals surface area contributed by atoms with Crippen LogP contribution in [0, 0.1) is 0 Å². The number of carbonyl (C=O) groups excluding carboxylic acids is 1. The van der Waals surface area contributed by atoms with Gasteiger partial charge in [-0.2, -0.15) is 0 Å². The molecule has 1 N–H and O–H groups in total. The lowest BCUT2D eigenvalue weighted by Gasteiger charge is -2.35. The lowest BCUT2D eigenvalue weighted by atomic mass is 9.98. The first kappa shape index (κ1) is 20.8. The van der Waals surface area contributed by atoms with Crippen LogP contribution < -0.4 is 10.3 Å². The third-order valence-corrected chi connectivity index (χ3v) is 6.74. The number of hydrogen-bond donors (Lipinski definition) is 1. The number of nitrogens with zero attached hydrogens (tertiary/aromatic N) is 4. The first-order chi connectivity index (χ1) is 15.5. The second-order valence-electron chi connectivity index (χ2n) is 8.77. The van der Waals surface area contributed by atoms with Crippen molar-refractivity contribution in [2.75, 3.05) is 20.2 Å². The molecule has 0 radical (unpaired) electrons. The van der Waals surface area contributed by atoms with Crippen molar-refractivity contribution in [3.63, 3.8) is 0 Å². The molecular formula is C24H29N5O3. The summed E-state index contributed by atoms with van der Waals surface area (Å²) in [6.07, 6.45) is 3.98. The number of amides is 1. The van der Waals surface area contributed by atoms with E-state index in [9.17, 15) is 9.59 Å². The zero-order valence-corrected chi connectivity index (χ0v) is 18.6. The Morgan fingerprint density at radius 1 is 1.22 bits per heavy atom. The van der Waals surface area contributed by atoms with Crippen molar-refractivity contribution in [3.8, 4) is 5.75 Å². The van der Waals surface area contributed by atoms with Crippen molar-refractivity contribution in [2.24, 2.45) is 0 Å². The molecule has 0 saturated carbocycles. The Morgan fingerprint density at radius 3 is 2.78 bits per heavy atom. The Kier molecular flexibility index (Phi) is 5.46. The van der Waals surface area contributed by atoms with Crippen LogP contribution in [0.15, 0.2) is 35.1 Å². The normalized spacial score (nSPS) is 19.2. The van der Waals surface area contributed by atoms with Crippen molar-refractivity contribution in [1.82, 2.24) is 24.4 Å². The first-order valence-electron chi connectivity index (χ1n) is 11.3. The number of carbonyl (C=O) groups is 1. The van der Waals surface area contributed by atoms with Gasteiger partial charge in [0.2, 0.25) is 5.91 Å². The van der Waals surface area contributed by atoms with Crippen LogP contribution in [0.4, 0.5) is 0 Å². The van der Waals surface area contributed by atoms with E-state index in [1.807, 2.05) is 18.2 Å². The van der Waals surface area contributed by atoms with E-state index in [1.165, 1.54) is 12.0 Å². The lowest BCUT2D eigenvalue weighted by Crippen LogP contribution is -2.39. The molecule has 8 heteroatoms. The average Bonchev–Trinajstić information content (AvgIpc) is 3.24. The van der Waals surface area contributed by atoms with Crippen molar-refractivity contribution < 1.29 is 9.53 Å². The average molecular weight is 436 g/mol. The van der Waals surface area contributed by atoms with Gasteiger partial charge in [0.15, 0.2) is 5.65 Å². The maximum Gasteiger partial charge on any atom is 0.277 e. The number of rotatable bonds is 4. The van der Waals surface area contributed by atoms with Crippen molar-refractivity contribution in [1.29, 1.82) is 0 Å². The van der Waals surface area contributed by atoms with E-state index in [1.54, 1.807) is 23.4 Å². The van der Waals surface area contributed by atoms with Crippen molar-refractivity contribution in [2.45, 2.75) is 51.7 Å². The van der Waals surface area contributed by atoms with Crippen LogP contribution >= 0.6 is 0 Å². The molecule has 8 nitrogen and oxygen atoms in total. The van der Waals surface area contributed by atoms with E-state index in [4.69, 9.17) is 9.72 Å². The van der Waals surface area contributed by atoms with Crippen LogP contribution in [0.25, 0.3) is 5.65 Å². The van der Waals surface area contributed by atoms with E-state index in [0.717, 1.165) is 43.1 Å². The van der Waals surface area contributed by atoms with Crippen LogP contribution in [0.1, 0.15) is 54.7 Å². The van der Waals surface area contributed by atoms with Gasteiger partial charge in [0.05, 0.1) is 36.6 Å². The summed E-state index contributed by atoms with van der Waals surface area (Å²) < 4.78 is 6.83. The summed E-state index contributed by atoms with van der Waals surface area (Å²) in [7, 11) is 1.68. The molecule has 2 aliphatic rings. The number of fused-ring (bicyclic) bond motifs is 2. The van der Waals surface area contributed by atoms with E-state index < -0.39 is 0 Å². The second kappa shape index (κ2) is 8.43. The maximum absolute atomic E-state index is 13.2. The number of nitrogens with one attached hydrogen (secondary N) is 1. The van der Waals surface area contributed by atoms with Gasteiger partial charge in [0.25, 0.3) is 5.56 Å². The van der Waals surface area contributed by atoms with E-state index in [0.29, 0.717) is 30.7 Å². The fraction of sp³-hybridized carbons (Fsp3) is 0.458. The van der Waals surface area contributed by atoms with Crippen LogP contribution in [0.5, 0.6) is 5.75 Å². The summed E-state index contributed by atoms with van der Waals surface area (Å²) in [5, 5.41) is 3.34. The summed E-state index contributed by atoms with van der Waals surface area (Å²) >= 11 is 0. The molecule has 0 aliphatic carbocycles. The summed E-state index contributed by atoms with van der Waals surface area (Å²) in [5.41, 5.74) is 4.26. The molecule has 1 aromatic carbocycles. The third-order valence-electron chi connectivity index (χ3n) is 6.74. The Hall–Kier alpha value is -3.13. The highest BCUT2D eigenvalue weighted by Gasteiger charge is 2.28. The van der Waals surface area contributed by atoms with E-state index in [-0.39, 0.29) is 17.5 Å². The zero-order valence-electron chi connectivity index (χ0n) is 18.6. The molecule has 32 heavy (non-hydrogen) atoms. The number of H-pyrrole nitrogens is 1. The molecule has 2 aliphatic heterocycles. The predicted molar refractivity (Wildman–Crippen MR) is 121 cm³/mol. The minimum absolute atomic E-state index is 0.0105. The second-order valence-corrected chi connectivity index (χ2v) is 8.77. The number of methoxy groups -OCH3 is 1. The van der Waals surface area contributed by atoms with Gasteiger partial charge in [-0.3, -0.25) is 19.6 Å². The maximum atomic E-state index is 13.2. The fourth-order valence-corrected chi connectivity index (χ4v) is 4.94. The van der Waals surface area contributed by atoms with E-state index in [2.05, 4.69) is 22.1 Å². The SMILES string of the molecule is COc1ccc(CN2CCCCC2c2cc3nc4c(c(=O)n3[nH]2)CN(C(C)=O)CC4)cc1. The molecule has 5 rings (SSSR count). The number of likely N-dealkylation sites (tertiary alicyclic amines) is 1. The molecule has 4 heterocycles. The zero-order chi connectivity index (χ0) is 22.2. The lowest BCUT2D eigenvalue weighted by molar-refractivity contribution is -0.129. The number of aromatic nitrogens is 3. The fourth-order valence-electron chi connectivity index (χ4n) is 4.94.